The van der Waals surface area contributed by atoms with Crippen molar-refractivity contribution in [2.24, 2.45) is 17.3 Å². The molecule has 0 aromatic rings. The van der Waals surface area contributed by atoms with Gasteiger partial charge >= 0.3 is 0 Å². The van der Waals surface area contributed by atoms with Crippen molar-refractivity contribution in [3.63, 3.8) is 0 Å². The predicted molar refractivity (Wildman–Crippen MR) is 43.3 cm³/mol. The number of fused-ring (bicyclic) bond motifs is 3. The van der Waals surface area contributed by atoms with Gasteiger partial charge in [0.1, 0.15) is 0 Å². The fourth-order valence-electron chi connectivity index (χ4n) is 3.29. The summed E-state index contributed by atoms with van der Waals surface area (Å²) in [6, 6.07) is 0. The molecule has 0 spiro atoms. The Morgan fingerprint density at radius 3 is 2.64 bits per heavy atom. The first kappa shape index (κ1) is 6.47. The molecule has 0 bridgehead atoms. The van der Waals surface area contributed by atoms with E-state index in [4.69, 9.17) is 4.74 Å². The van der Waals surface area contributed by atoms with Crippen LogP contribution in [0.3, 0.4) is 0 Å². The second-order valence-corrected chi connectivity index (χ2v) is 5.34. The van der Waals surface area contributed by atoms with Crippen molar-refractivity contribution in [3.05, 3.63) is 0 Å². The number of rotatable bonds is 0. The number of ether oxygens (including phenoxy) is 1. The molecule has 3 rings (SSSR count). The summed E-state index contributed by atoms with van der Waals surface area (Å²) in [5, 5.41) is 0. The van der Waals surface area contributed by atoms with E-state index in [0.717, 1.165) is 11.8 Å². The van der Waals surface area contributed by atoms with Gasteiger partial charge in [0, 0.05) is 0 Å². The smallest absolute Gasteiger partial charge is 0.0923 e. The van der Waals surface area contributed by atoms with Gasteiger partial charge in [-0.2, -0.15) is 0 Å². The molecule has 11 heavy (non-hydrogen) atoms. The summed E-state index contributed by atoms with van der Waals surface area (Å²) in [6.45, 7) is 7.08. The van der Waals surface area contributed by atoms with Crippen molar-refractivity contribution in [1.82, 2.24) is 0 Å². The topological polar surface area (TPSA) is 12.5 Å². The van der Waals surface area contributed by atoms with Crippen molar-refractivity contribution in [2.45, 2.75) is 45.3 Å². The van der Waals surface area contributed by atoms with Crippen molar-refractivity contribution in [3.8, 4) is 0 Å². The Hall–Kier alpha value is -0.0400. The predicted octanol–water partition coefficient (Wildman–Crippen LogP) is 2.21. The van der Waals surface area contributed by atoms with Gasteiger partial charge < -0.3 is 4.74 Å². The molecule has 1 saturated heterocycles. The van der Waals surface area contributed by atoms with E-state index in [1.165, 1.54) is 12.8 Å². The lowest BCUT2D eigenvalue weighted by atomic mass is 9.91. The zero-order valence-electron chi connectivity index (χ0n) is 7.55. The third kappa shape index (κ3) is 0.581. The first-order valence-corrected chi connectivity index (χ1v) is 4.73. The monoisotopic (exact) mass is 152 g/mol. The molecule has 1 heterocycles. The van der Waals surface area contributed by atoms with E-state index in [1.54, 1.807) is 0 Å². The molecular weight excluding hydrogens is 136 g/mol. The van der Waals surface area contributed by atoms with Gasteiger partial charge in [0.15, 0.2) is 0 Å². The first-order valence-electron chi connectivity index (χ1n) is 4.73. The maximum absolute atomic E-state index is 5.75. The average molecular weight is 152 g/mol. The summed E-state index contributed by atoms with van der Waals surface area (Å²) in [4.78, 5) is 0. The maximum Gasteiger partial charge on any atom is 0.0923 e. The quantitative estimate of drug-likeness (QED) is 0.485. The van der Waals surface area contributed by atoms with Crippen LogP contribution in [0, 0.1) is 17.3 Å². The van der Waals surface area contributed by atoms with Gasteiger partial charge in [-0.25, -0.2) is 0 Å². The SMILES string of the molecule is CC1(C)[C@@H]2CC[C@]3(C)OC3[C@@H]21. The van der Waals surface area contributed by atoms with E-state index in [2.05, 4.69) is 20.8 Å². The van der Waals surface area contributed by atoms with E-state index < -0.39 is 0 Å². The lowest BCUT2D eigenvalue weighted by Crippen LogP contribution is -2.16. The molecule has 4 atom stereocenters. The lowest BCUT2D eigenvalue weighted by molar-refractivity contribution is 0.286. The van der Waals surface area contributed by atoms with Crippen LogP contribution in [0.5, 0.6) is 0 Å². The van der Waals surface area contributed by atoms with Crippen LogP contribution in [0.2, 0.25) is 0 Å². The largest absolute Gasteiger partial charge is 0.366 e. The molecule has 0 N–H and O–H groups in total. The third-order valence-corrected chi connectivity index (χ3v) is 4.36. The van der Waals surface area contributed by atoms with Crippen LogP contribution >= 0.6 is 0 Å². The minimum absolute atomic E-state index is 0.314. The van der Waals surface area contributed by atoms with Crippen LogP contribution < -0.4 is 0 Å². The van der Waals surface area contributed by atoms with E-state index >= 15 is 0 Å². The Balaban J connectivity index is 1.90. The number of hydrogen-bond donors (Lipinski definition) is 0. The Morgan fingerprint density at radius 2 is 2.00 bits per heavy atom. The summed E-state index contributed by atoms with van der Waals surface area (Å²) < 4.78 is 5.75. The van der Waals surface area contributed by atoms with E-state index in [9.17, 15) is 0 Å². The highest BCUT2D eigenvalue weighted by Gasteiger charge is 2.74. The zero-order valence-corrected chi connectivity index (χ0v) is 7.55. The molecule has 1 aliphatic heterocycles. The van der Waals surface area contributed by atoms with E-state index in [-0.39, 0.29) is 0 Å². The Bertz CT molecular complexity index is 221. The van der Waals surface area contributed by atoms with Gasteiger partial charge in [-0.1, -0.05) is 13.8 Å². The molecule has 2 saturated carbocycles. The van der Waals surface area contributed by atoms with Gasteiger partial charge in [-0.3, -0.25) is 0 Å². The molecular formula is C10H16O. The van der Waals surface area contributed by atoms with Gasteiger partial charge in [-0.15, -0.1) is 0 Å². The Labute approximate surface area is 68.1 Å². The highest BCUT2D eigenvalue weighted by molar-refractivity contribution is 5.21. The van der Waals surface area contributed by atoms with E-state index in [1.807, 2.05) is 0 Å². The van der Waals surface area contributed by atoms with Gasteiger partial charge in [0.25, 0.3) is 0 Å². The van der Waals surface area contributed by atoms with Gasteiger partial charge in [0.2, 0.25) is 0 Å². The fourth-order valence-corrected chi connectivity index (χ4v) is 3.29. The van der Waals surface area contributed by atoms with Crippen molar-refractivity contribution in [2.75, 3.05) is 0 Å². The molecule has 1 heteroatoms. The van der Waals surface area contributed by atoms with Crippen LogP contribution in [0.4, 0.5) is 0 Å². The maximum atomic E-state index is 5.75. The summed E-state index contributed by atoms with van der Waals surface area (Å²) in [5.41, 5.74) is 0.924. The summed E-state index contributed by atoms with van der Waals surface area (Å²) in [7, 11) is 0. The van der Waals surface area contributed by atoms with Crippen molar-refractivity contribution < 1.29 is 4.74 Å². The van der Waals surface area contributed by atoms with Crippen molar-refractivity contribution >= 4 is 0 Å². The second-order valence-electron chi connectivity index (χ2n) is 5.34. The van der Waals surface area contributed by atoms with E-state index in [0.29, 0.717) is 17.1 Å². The minimum atomic E-state index is 0.314. The molecule has 62 valence electrons. The molecule has 1 nitrogen and oxygen atoms in total. The van der Waals surface area contributed by atoms with Crippen LogP contribution in [0.1, 0.15) is 33.6 Å². The molecule has 2 aliphatic carbocycles. The van der Waals surface area contributed by atoms with Crippen LogP contribution in [-0.4, -0.2) is 11.7 Å². The van der Waals surface area contributed by atoms with Crippen LogP contribution in [0.15, 0.2) is 0 Å². The van der Waals surface area contributed by atoms with Crippen LogP contribution in [0.25, 0.3) is 0 Å². The third-order valence-electron chi connectivity index (χ3n) is 4.36. The van der Waals surface area contributed by atoms with Gasteiger partial charge in [-0.05, 0) is 37.0 Å². The zero-order chi connectivity index (χ0) is 7.85. The average Bonchev–Trinajstić information content (AvgIpc) is 2.69. The molecule has 3 fully saturated rings. The normalized spacial score (nSPS) is 63.0. The fraction of sp³-hybridized carbons (Fsp3) is 1.00. The van der Waals surface area contributed by atoms with Crippen LogP contribution in [-0.2, 0) is 4.74 Å². The molecule has 0 amide bonds. The molecule has 0 aromatic heterocycles. The number of epoxide rings is 1. The highest BCUT2D eigenvalue weighted by Crippen LogP contribution is 2.72. The summed E-state index contributed by atoms with van der Waals surface area (Å²) in [5.74, 6) is 1.89. The molecule has 3 aliphatic rings. The molecule has 0 aromatic carbocycles. The number of hydrogen-bond acceptors (Lipinski definition) is 1. The lowest BCUT2D eigenvalue weighted by Gasteiger charge is -2.09. The first-order chi connectivity index (χ1) is 5.06. The Morgan fingerprint density at radius 1 is 1.27 bits per heavy atom. The minimum Gasteiger partial charge on any atom is -0.366 e. The summed E-state index contributed by atoms with van der Waals surface area (Å²) in [6.07, 6.45) is 3.35. The standard InChI is InChI=1S/C10H16O/c1-9(2)6-4-5-10(3)8(11-10)7(6)9/h6-8H,4-5H2,1-3H3/t6-,7-,8?,10+/m1/s1. The van der Waals surface area contributed by atoms with Gasteiger partial charge in [0.05, 0.1) is 11.7 Å². The highest BCUT2D eigenvalue weighted by atomic mass is 16.6. The molecule has 0 radical (unpaired) electrons. The summed E-state index contributed by atoms with van der Waals surface area (Å²) >= 11 is 0. The Kier molecular flexibility index (Phi) is 0.820. The molecule has 1 unspecified atom stereocenters. The second kappa shape index (κ2) is 1.39. The van der Waals surface area contributed by atoms with Crippen molar-refractivity contribution in [1.29, 1.82) is 0 Å².